The highest BCUT2D eigenvalue weighted by Crippen LogP contribution is 2.34. The Labute approximate surface area is 133 Å². The molecule has 0 aliphatic heterocycles. The number of halogens is 1. The van der Waals surface area contributed by atoms with Gasteiger partial charge in [-0.1, -0.05) is 53.2 Å². The number of fused-ring (bicyclic) bond motifs is 1. The molecule has 0 amide bonds. The Kier molecular flexibility index (Phi) is 3.87. The van der Waals surface area contributed by atoms with Gasteiger partial charge in [-0.05, 0) is 30.2 Å². The van der Waals surface area contributed by atoms with Gasteiger partial charge >= 0.3 is 0 Å². The molecule has 1 aromatic heterocycles. The van der Waals surface area contributed by atoms with Gasteiger partial charge in [0.2, 0.25) is 0 Å². The van der Waals surface area contributed by atoms with E-state index in [4.69, 9.17) is 10.2 Å². The van der Waals surface area contributed by atoms with E-state index in [1.807, 2.05) is 18.2 Å². The topological polar surface area (TPSA) is 39.2 Å². The molecule has 3 rings (SSSR count). The molecule has 0 fully saturated rings. The number of furan rings is 1. The summed E-state index contributed by atoms with van der Waals surface area (Å²) in [5.41, 5.74) is 10.9. The van der Waals surface area contributed by atoms with Crippen molar-refractivity contribution < 1.29 is 4.42 Å². The first-order chi connectivity index (χ1) is 10.1. The summed E-state index contributed by atoms with van der Waals surface area (Å²) in [6.07, 6.45) is 0.840. The number of hydrogen-bond donors (Lipinski definition) is 1. The molecule has 3 aromatic rings. The van der Waals surface area contributed by atoms with Crippen LogP contribution in [0, 0.1) is 6.92 Å². The molecule has 0 aliphatic rings. The van der Waals surface area contributed by atoms with Crippen molar-refractivity contribution in [2.45, 2.75) is 26.3 Å². The lowest BCUT2D eigenvalue weighted by atomic mass is 9.95. The molecule has 0 bridgehead atoms. The first kappa shape index (κ1) is 14.4. The van der Waals surface area contributed by atoms with Crippen molar-refractivity contribution in [3.63, 3.8) is 0 Å². The molecular formula is C18H18BrNO. The quantitative estimate of drug-likeness (QED) is 0.717. The second-order valence-electron chi connectivity index (χ2n) is 5.27. The standard InChI is InChI=1S/C18H18BrNO/c1-3-15-17(13-6-4-5-7-16(13)21-15)18(20)12-8-9-14(19)11(2)10-12/h4-10,18H,3,20H2,1-2H3. The molecule has 0 spiro atoms. The Morgan fingerprint density at radius 2 is 1.95 bits per heavy atom. The highest BCUT2D eigenvalue weighted by atomic mass is 79.9. The van der Waals surface area contributed by atoms with E-state index in [2.05, 4.69) is 54.0 Å². The molecule has 1 unspecified atom stereocenters. The third-order valence-electron chi connectivity index (χ3n) is 3.88. The first-order valence-corrected chi connectivity index (χ1v) is 7.93. The van der Waals surface area contributed by atoms with Crippen molar-refractivity contribution in [1.82, 2.24) is 0 Å². The maximum atomic E-state index is 6.55. The molecule has 0 saturated heterocycles. The van der Waals surface area contributed by atoms with Gasteiger partial charge in [-0.15, -0.1) is 0 Å². The number of nitrogens with two attached hydrogens (primary N) is 1. The van der Waals surface area contributed by atoms with Crippen LogP contribution in [0.4, 0.5) is 0 Å². The van der Waals surface area contributed by atoms with Gasteiger partial charge in [0.1, 0.15) is 11.3 Å². The van der Waals surface area contributed by atoms with Crippen molar-refractivity contribution in [3.05, 3.63) is 69.4 Å². The molecule has 2 nitrogen and oxygen atoms in total. The van der Waals surface area contributed by atoms with Crippen LogP contribution >= 0.6 is 15.9 Å². The number of para-hydroxylation sites is 1. The van der Waals surface area contributed by atoms with Gasteiger partial charge in [0.25, 0.3) is 0 Å². The minimum Gasteiger partial charge on any atom is -0.461 e. The number of hydrogen-bond acceptors (Lipinski definition) is 2. The van der Waals surface area contributed by atoms with Crippen LogP contribution in [0.15, 0.2) is 51.4 Å². The molecule has 1 atom stereocenters. The first-order valence-electron chi connectivity index (χ1n) is 7.13. The monoisotopic (exact) mass is 343 g/mol. The molecule has 2 aromatic carbocycles. The summed E-state index contributed by atoms with van der Waals surface area (Å²) in [6, 6.07) is 14.2. The predicted octanol–water partition coefficient (Wildman–Crippen LogP) is 5.11. The van der Waals surface area contributed by atoms with Gasteiger partial charge in [-0.25, -0.2) is 0 Å². The Bertz CT molecular complexity index is 791. The molecule has 3 heteroatoms. The zero-order valence-corrected chi connectivity index (χ0v) is 13.8. The Balaban J connectivity index is 2.16. The SMILES string of the molecule is CCc1oc2ccccc2c1C(N)c1ccc(Br)c(C)c1. The van der Waals surface area contributed by atoms with Crippen molar-refractivity contribution in [2.24, 2.45) is 5.73 Å². The predicted molar refractivity (Wildman–Crippen MR) is 90.5 cm³/mol. The fourth-order valence-corrected chi connectivity index (χ4v) is 2.99. The highest BCUT2D eigenvalue weighted by Gasteiger charge is 2.20. The minimum atomic E-state index is -0.171. The maximum absolute atomic E-state index is 6.55. The largest absolute Gasteiger partial charge is 0.461 e. The van der Waals surface area contributed by atoms with Crippen molar-refractivity contribution in [1.29, 1.82) is 0 Å². The van der Waals surface area contributed by atoms with E-state index < -0.39 is 0 Å². The zero-order valence-electron chi connectivity index (χ0n) is 12.2. The van der Waals surface area contributed by atoms with Gasteiger partial charge in [0.15, 0.2) is 0 Å². The Hall–Kier alpha value is -1.58. The number of aryl methyl sites for hydroxylation is 2. The fraction of sp³-hybridized carbons (Fsp3) is 0.222. The highest BCUT2D eigenvalue weighted by molar-refractivity contribution is 9.10. The van der Waals surface area contributed by atoms with Crippen LogP contribution in [0.5, 0.6) is 0 Å². The normalized spacial score (nSPS) is 12.8. The molecular weight excluding hydrogens is 326 g/mol. The summed E-state index contributed by atoms with van der Waals surface area (Å²) in [5.74, 6) is 0.976. The smallest absolute Gasteiger partial charge is 0.134 e. The van der Waals surface area contributed by atoms with E-state index in [1.54, 1.807) is 0 Å². The molecule has 108 valence electrons. The average molecular weight is 344 g/mol. The lowest BCUT2D eigenvalue weighted by Crippen LogP contribution is -2.13. The van der Waals surface area contributed by atoms with Gasteiger partial charge in [0, 0.05) is 21.8 Å². The van der Waals surface area contributed by atoms with Crippen LogP contribution in [0.25, 0.3) is 11.0 Å². The number of rotatable bonds is 3. The third kappa shape index (κ3) is 2.52. The van der Waals surface area contributed by atoms with Gasteiger partial charge < -0.3 is 10.2 Å². The second kappa shape index (κ2) is 5.66. The van der Waals surface area contributed by atoms with Crippen molar-refractivity contribution >= 4 is 26.9 Å². The van der Waals surface area contributed by atoms with E-state index in [0.29, 0.717) is 0 Å². The fourth-order valence-electron chi connectivity index (χ4n) is 2.75. The van der Waals surface area contributed by atoms with E-state index in [1.165, 1.54) is 5.56 Å². The Morgan fingerprint density at radius 1 is 1.19 bits per heavy atom. The molecule has 2 N–H and O–H groups in total. The lowest BCUT2D eigenvalue weighted by molar-refractivity contribution is 0.546. The lowest BCUT2D eigenvalue weighted by Gasteiger charge is -2.14. The summed E-state index contributed by atoms with van der Waals surface area (Å²) in [6.45, 7) is 4.18. The Morgan fingerprint density at radius 3 is 2.67 bits per heavy atom. The summed E-state index contributed by atoms with van der Waals surface area (Å²) in [5, 5.41) is 1.11. The van der Waals surface area contributed by atoms with Crippen LogP contribution in [-0.4, -0.2) is 0 Å². The van der Waals surface area contributed by atoms with Crippen LogP contribution in [-0.2, 0) is 6.42 Å². The summed E-state index contributed by atoms with van der Waals surface area (Å²) in [4.78, 5) is 0. The van der Waals surface area contributed by atoms with Gasteiger partial charge in [-0.3, -0.25) is 0 Å². The van der Waals surface area contributed by atoms with Crippen LogP contribution in [0.1, 0.15) is 35.4 Å². The second-order valence-corrected chi connectivity index (χ2v) is 6.13. The molecule has 1 heterocycles. The third-order valence-corrected chi connectivity index (χ3v) is 4.77. The van der Waals surface area contributed by atoms with E-state index in [-0.39, 0.29) is 6.04 Å². The molecule has 0 radical (unpaired) electrons. The van der Waals surface area contributed by atoms with Crippen LogP contribution in [0.3, 0.4) is 0 Å². The van der Waals surface area contributed by atoms with Crippen LogP contribution in [0.2, 0.25) is 0 Å². The molecule has 0 aliphatic carbocycles. The van der Waals surface area contributed by atoms with E-state index in [9.17, 15) is 0 Å². The summed E-state index contributed by atoms with van der Waals surface area (Å²) < 4.78 is 7.06. The number of benzene rings is 2. The van der Waals surface area contributed by atoms with Crippen molar-refractivity contribution in [3.8, 4) is 0 Å². The summed E-state index contributed by atoms with van der Waals surface area (Å²) >= 11 is 3.54. The van der Waals surface area contributed by atoms with E-state index in [0.717, 1.165) is 38.7 Å². The van der Waals surface area contributed by atoms with Crippen LogP contribution < -0.4 is 5.73 Å². The van der Waals surface area contributed by atoms with Gasteiger partial charge in [-0.2, -0.15) is 0 Å². The molecule has 21 heavy (non-hydrogen) atoms. The summed E-state index contributed by atoms with van der Waals surface area (Å²) in [7, 11) is 0. The van der Waals surface area contributed by atoms with Gasteiger partial charge in [0.05, 0.1) is 6.04 Å². The maximum Gasteiger partial charge on any atom is 0.134 e. The molecule has 0 saturated carbocycles. The van der Waals surface area contributed by atoms with E-state index >= 15 is 0 Å². The zero-order chi connectivity index (χ0) is 15.0. The van der Waals surface area contributed by atoms with Crippen molar-refractivity contribution in [2.75, 3.05) is 0 Å². The average Bonchev–Trinajstić information content (AvgIpc) is 2.87. The minimum absolute atomic E-state index is 0.171.